The van der Waals surface area contributed by atoms with Gasteiger partial charge in [-0.05, 0) is 24.6 Å². The molecule has 3 heterocycles. The third-order valence-corrected chi connectivity index (χ3v) is 5.02. The minimum atomic E-state index is -4.30. The molecule has 158 valence electrons. The first kappa shape index (κ1) is 21.8. The Morgan fingerprint density at radius 1 is 0.900 bits per heavy atom. The molecule has 3 aromatic heterocycles. The largest absolute Gasteiger partial charge is 0.394 e. The predicted octanol–water partition coefficient (Wildman–Crippen LogP) is 4.63. The highest BCUT2D eigenvalue weighted by Gasteiger charge is 2.46. The van der Waals surface area contributed by atoms with Crippen molar-refractivity contribution < 1.29 is 18.3 Å². The van der Waals surface area contributed by atoms with Gasteiger partial charge in [-0.1, -0.05) is 26.8 Å². The van der Waals surface area contributed by atoms with Gasteiger partial charge in [0.15, 0.2) is 0 Å². The summed E-state index contributed by atoms with van der Waals surface area (Å²) in [5.41, 5.74) is 0.970. The molecule has 3 aromatic rings. The van der Waals surface area contributed by atoms with Gasteiger partial charge in [0, 0.05) is 52.6 Å². The minimum Gasteiger partial charge on any atom is -0.378 e. The van der Waals surface area contributed by atoms with Crippen molar-refractivity contribution in [2.75, 3.05) is 0 Å². The second kappa shape index (κ2) is 7.75. The first-order valence-electron chi connectivity index (χ1n) is 9.39. The van der Waals surface area contributed by atoms with E-state index in [0.717, 1.165) is 5.56 Å². The van der Waals surface area contributed by atoms with Crippen LogP contribution in [-0.2, 0) is 12.0 Å². The molecule has 8 heteroatoms. The van der Waals surface area contributed by atoms with Crippen molar-refractivity contribution in [2.45, 2.75) is 45.9 Å². The fraction of sp³-hybridized carbons (Fsp3) is 0.364. The average molecular weight is 416 g/mol. The Bertz CT molecular complexity index is 1020. The Balaban J connectivity index is 2.00. The van der Waals surface area contributed by atoms with Crippen LogP contribution in [0.15, 0.2) is 49.3 Å². The van der Waals surface area contributed by atoms with Gasteiger partial charge in [-0.25, -0.2) is 9.97 Å². The molecule has 0 fully saturated rings. The summed E-state index contributed by atoms with van der Waals surface area (Å²) in [5, 5.41) is 11.7. The van der Waals surface area contributed by atoms with Crippen LogP contribution in [0.3, 0.4) is 0 Å². The van der Waals surface area contributed by atoms with Crippen molar-refractivity contribution in [1.82, 2.24) is 19.9 Å². The maximum atomic E-state index is 12.5. The molecule has 0 bridgehead atoms. The van der Waals surface area contributed by atoms with E-state index in [0.29, 0.717) is 22.4 Å². The van der Waals surface area contributed by atoms with Crippen molar-refractivity contribution in [1.29, 1.82) is 0 Å². The van der Waals surface area contributed by atoms with Gasteiger partial charge in [0.1, 0.15) is 11.9 Å². The lowest BCUT2D eigenvalue weighted by Gasteiger charge is -2.40. The summed E-state index contributed by atoms with van der Waals surface area (Å²) < 4.78 is 37.6. The number of aliphatic hydroxyl groups is 1. The van der Waals surface area contributed by atoms with E-state index in [1.807, 2.05) is 33.8 Å². The topological polar surface area (TPSA) is 71.8 Å². The number of pyridine rings is 2. The van der Waals surface area contributed by atoms with Crippen LogP contribution in [0, 0.1) is 12.3 Å². The van der Waals surface area contributed by atoms with Crippen LogP contribution >= 0.6 is 0 Å². The molecule has 1 unspecified atom stereocenters. The van der Waals surface area contributed by atoms with E-state index in [1.165, 1.54) is 18.6 Å². The Kier molecular flexibility index (Phi) is 5.64. The zero-order valence-electron chi connectivity index (χ0n) is 17.2. The number of aromatic nitrogens is 4. The summed E-state index contributed by atoms with van der Waals surface area (Å²) in [6, 6.07) is 4.79. The monoisotopic (exact) mass is 416 g/mol. The third-order valence-electron chi connectivity index (χ3n) is 5.02. The van der Waals surface area contributed by atoms with E-state index < -0.39 is 23.6 Å². The quantitative estimate of drug-likeness (QED) is 0.672. The number of alkyl halides is 3. The number of hydrogen-bond donors (Lipinski definition) is 1. The zero-order chi connectivity index (χ0) is 22.2. The van der Waals surface area contributed by atoms with E-state index in [1.54, 1.807) is 24.7 Å². The minimum absolute atomic E-state index is 0.0428. The highest BCUT2D eigenvalue weighted by Crippen LogP contribution is 2.44. The Hall–Kier alpha value is -2.87. The first-order valence-corrected chi connectivity index (χ1v) is 9.39. The van der Waals surface area contributed by atoms with E-state index >= 15 is 0 Å². The maximum Gasteiger partial charge on any atom is 0.394 e. The normalized spacial score (nSPS) is 14.4. The molecule has 0 aliphatic heterocycles. The second-order valence-electron chi connectivity index (χ2n) is 8.31. The van der Waals surface area contributed by atoms with Gasteiger partial charge in [0.25, 0.3) is 0 Å². The van der Waals surface area contributed by atoms with Crippen LogP contribution in [-0.4, -0.2) is 31.2 Å². The van der Waals surface area contributed by atoms with Crippen molar-refractivity contribution in [3.8, 4) is 11.1 Å². The van der Waals surface area contributed by atoms with Crippen LogP contribution in [0.5, 0.6) is 0 Å². The molecule has 0 spiro atoms. The van der Waals surface area contributed by atoms with E-state index in [2.05, 4.69) is 19.9 Å². The molecule has 1 N–H and O–H groups in total. The lowest BCUT2D eigenvalue weighted by molar-refractivity contribution is -0.127. The molecule has 1 atom stereocenters. The number of aryl methyl sites for hydroxylation is 1. The molecule has 5 nitrogen and oxygen atoms in total. The summed E-state index contributed by atoms with van der Waals surface area (Å²) in [6.07, 6.45) is 2.15. The van der Waals surface area contributed by atoms with Gasteiger partial charge < -0.3 is 5.11 Å². The van der Waals surface area contributed by atoms with Crippen LogP contribution in [0.25, 0.3) is 11.1 Å². The maximum absolute atomic E-state index is 12.5. The Morgan fingerprint density at radius 2 is 1.53 bits per heavy atom. The standard InChI is InChI=1S/C22H23F3N4O/c1-14-7-16(15-5-6-18(28-9-15)8-21(23,24)25)10-29-19(14)22(30,20(2,3)4)17-11-26-13-27-12-17/h5-7,9-13,30H,8H2,1-4H3. The van der Waals surface area contributed by atoms with E-state index in [9.17, 15) is 18.3 Å². The van der Waals surface area contributed by atoms with Crippen LogP contribution in [0.2, 0.25) is 0 Å². The highest BCUT2D eigenvalue weighted by molar-refractivity contribution is 5.63. The fourth-order valence-electron chi connectivity index (χ4n) is 3.43. The van der Waals surface area contributed by atoms with Crippen LogP contribution in [0.1, 0.15) is 43.3 Å². The molecule has 0 saturated heterocycles. The zero-order valence-corrected chi connectivity index (χ0v) is 17.2. The summed E-state index contributed by atoms with van der Waals surface area (Å²) in [7, 11) is 0. The van der Waals surface area contributed by atoms with E-state index in [4.69, 9.17) is 0 Å². The SMILES string of the molecule is Cc1cc(-c2ccc(CC(F)(F)F)nc2)cnc1C(O)(c1cncnc1)C(C)(C)C. The molecule has 0 aromatic carbocycles. The van der Waals surface area contributed by atoms with Crippen molar-refractivity contribution >= 4 is 0 Å². The fourth-order valence-corrected chi connectivity index (χ4v) is 3.43. The van der Waals surface area contributed by atoms with Gasteiger partial charge in [0.05, 0.1) is 12.1 Å². The van der Waals surface area contributed by atoms with Gasteiger partial charge in [0.2, 0.25) is 0 Å². The van der Waals surface area contributed by atoms with Crippen molar-refractivity contribution in [3.63, 3.8) is 0 Å². The molecule has 0 aliphatic rings. The average Bonchev–Trinajstić information content (AvgIpc) is 2.66. The van der Waals surface area contributed by atoms with Gasteiger partial charge in [-0.2, -0.15) is 13.2 Å². The lowest BCUT2D eigenvalue weighted by atomic mass is 9.70. The molecule has 30 heavy (non-hydrogen) atoms. The Morgan fingerprint density at radius 3 is 2.03 bits per heavy atom. The van der Waals surface area contributed by atoms with Gasteiger partial charge >= 0.3 is 6.18 Å². The smallest absolute Gasteiger partial charge is 0.378 e. The summed E-state index contributed by atoms with van der Waals surface area (Å²) in [5.74, 6) is 0. The molecule has 3 rings (SSSR count). The molecule has 0 radical (unpaired) electrons. The van der Waals surface area contributed by atoms with Gasteiger partial charge in [-0.3, -0.25) is 9.97 Å². The second-order valence-corrected chi connectivity index (χ2v) is 8.31. The van der Waals surface area contributed by atoms with Crippen LogP contribution < -0.4 is 0 Å². The summed E-state index contributed by atoms with van der Waals surface area (Å²) >= 11 is 0. The summed E-state index contributed by atoms with van der Waals surface area (Å²) in [6.45, 7) is 7.53. The number of rotatable bonds is 4. The molecular weight excluding hydrogens is 393 g/mol. The lowest BCUT2D eigenvalue weighted by Crippen LogP contribution is -2.42. The summed E-state index contributed by atoms with van der Waals surface area (Å²) in [4.78, 5) is 16.5. The van der Waals surface area contributed by atoms with Crippen molar-refractivity contribution in [2.24, 2.45) is 5.41 Å². The molecule has 0 aliphatic carbocycles. The van der Waals surface area contributed by atoms with Crippen molar-refractivity contribution in [3.05, 3.63) is 71.8 Å². The van der Waals surface area contributed by atoms with Gasteiger partial charge in [-0.15, -0.1) is 0 Å². The number of hydrogen-bond acceptors (Lipinski definition) is 5. The molecule has 0 saturated carbocycles. The molecule has 0 amide bonds. The highest BCUT2D eigenvalue weighted by atomic mass is 19.4. The number of halogens is 3. The Labute approximate surface area is 173 Å². The first-order chi connectivity index (χ1) is 13.9. The third kappa shape index (κ3) is 4.33. The number of nitrogens with zero attached hydrogens (tertiary/aromatic N) is 4. The predicted molar refractivity (Wildman–Crippen MR) is 106 cm³/mol. The molecular formula is C22H23F3N4O. The van der Waals surface area contributed by atoms with Crippen LogP contribution in [0.4, 0.5) is 13.2 Å². The van der Waals surface area contributed by atoms with E-state index in [-0.39, 0.29) is 5.69 Å².